The number of ketones is 1. The number of carbonyl (C=O) groups is 1. The fourth-order valence-corrected chi connectivity index (χ4v) is 4.21. The third-order valence-corrected chi connectivity index (χ3v) is 5.55. The molecule has 0 spiro atoms. The van der Waals surface area contributed by atoms with Gasteiger partial charge in [-0.15, -0.1) is 11.3 Å². The van der Waals surface area contributed by atoms with Gasteiger partial charge in [0.25, 0.3) is 0 Å². The summed E-state index contributed by atoms with van der Waals surface area (Å²) in [4.78, 5) is 14.1. The van der Waals surface area contributed by atoms with Crippen LogP contribution in [0.5, 0.6) is 11.5 Å². The van der Waals surface area contributed by atoms with Crippen molar-refractivity contribution < 1.29 is 15.0 Å². The lowest BCUT2D eigenvalue weighted by Crippen LogP contribution is -2.02. The van der Waals surface area contributed by atoms with E-state index >= 15 is 0 Å². The molecule has 0 aliphatic carbocycles. The Balaban J connectivity index is 0.00000109. The zero-order chi connectivity index (χ0) is 20.3. The largest absolute Gasteiger partial charge is 0.508 e. The highest BCUT2D eigenvalue weighted by Crippen LogP contribution is 2.41. The van der Waals surface area contributed by atoms with Gasteiger partial charge in [-0.3, -0.25) is 4.79 Å². The number of aromatic hydroxyl groups is 2. The van der Waals surface area contributed by atoms with Crippen LogP contribution < -0.4 is 0 Å². The number of hydrogen-bond donors (Lipinski definition) is 2. The molecule has 4 heteroatoms. The van der Waals surface area contributed by atoms with Gasteiger partial charge in [-0.05, 0) is 55.0 Å². The van der Waals surface area contributed by atoms with E-state index in [0.29, 0.717) is 11.1 Å². The summed E-state index contributed by atoms with van der Waals surface area (Å²) in [6, 6.07) is 19.4. The van der Waals surface area contributed by atoms with Crippen LogP contribution in [0.1, 0.15) is 35.3 Å². The number of phenols is 2. The predicted octanol–water partition coefficient (Wildman–Crippen LogP) is 6.55. The highest BCUT2D eigenvalue weighted by Gasteiger charge is 2.21. The zero-order valence-electron chi connectivity index (χ0n) is 16.1. The Bertz CT molecular complexity index is 1110. The van der Waals surface area contributed by atoms with E-state index in [0.717, 1.165) is 26.1 Å². The van der Waals surface area contributed by atoms with E-state index in [1.807, 2.05) is 45.0 Å². The molecule has 0 saturated heterocycles. The first-order valence-corrected chi connectivity index (χ1v) is 10.0. The van der Waals surface area contributed by atoms with Gasteiger partial charge in [0.2, 0.25) is 0 Å². The molecule has 0 aliphatic heterocycles. The lowest BCUT2D eigenvalue weighted by atomic mass is 9.97. The summed E-state index contributed by atoms with van der Waals surface area (Å²) in [5.74, 6) is 0.300. The van der Waals surface area contributed by atoms with Crippen molar-refractivity contribution in [1.82, 2.24) is 0 Å². The molecule has 1 aromatic heterocycles. The Morgan fingerprint density at radius 3 is 2.07 bits per heavy atom. The topological polar surface area (TPSA) is 57.5 Å². The lowest BCUT2D eigenvalue weighted by molar-refractivity contribution is 0.104. The fraction of sp³-hybridized carbons (Fsp3) is 0.125. The van der Waals surface area contributed by atoms with E-state index in [-0.39, 0.29) is 17.3 Å². The van der Waals surface area contributed by atoms with Crippen LogP contribution in [0.2, 0.25) is 0 Å². The van der Waals surface area contributed by atoms with E-state index in [1.165, 1.54) is 11.3 Å². The molecule has 0 unspecified atom stereocenters. The molecule has 4 aromatic rings. The highest BCUT2D eigenvalue weighted by atomic mass is 32.1. The number of benzene rings is 3. The summed E-state index contributed by atoms with van der Waals surface area (Å²) in [7, 11) is 0. The Hall–Kier alpha value is -3.11. The molecule has 0 saturated carbocycles. The fourth-order valence-electron chi connectivity index (χ4n) is 2.98. The van der Waals surface area contributed by atoms with E-state index in [1.54, 1.807) is 42.5 Å². The van der Waals surface area contributed by atoms with Gasteiger partial charge in [0.1, 0.15) is 11.5 Å². The van der Waals surface area contributed by atoms with E-state index in [9.17, 15) is 15.0 Å². The van der Waals surface area contributed by atoms with Gasteiger partial charge >= 0.3 is 0 Å². The molecule has 0 atom stereocenters. The van der Waals surface area contributed by atoms with Crippen LogP contribution in [0.4, 0.5) is 0 Å². The Labute approximate surface area is 168 Å². The molecule has 0 aliphatic rings. The second-order valence-electron chi connectivity index (χ2n) is 6.23. The van der Waals surface area contributed by atoms with Crippen molar-refractivity contribution in [3.05, 3.63) is 83.4 Å². The molecule has 0 bridgehead atoms. The Kier molecular flexibility index (Phi) is 5.81. The molecule has 0 radical (unpaired) electrons. The van der Waals surface area contributed by atoms with Crippen LogP contribution in [-0.2, 0) is 0 Å². The maximum Gasteiger partial charge on any atom is 0.195 e. The summed E-state index contributed by atoms with van der Waals surface area (Å²) >= 11 is 1.46. The van der Waals surface area contributed by atoms with E-state index in [4.69, 9.17) is 0 Å². The van der Waals surface area contributed by atoms with Crippen LogP contribution >= 0.6 is 11.3 Å². The number of fused-ring (bicyclic) bond motifs is 1. The van der Waals surface area contributed by atoms with Gasteiger partial charge in [-0.25, -0.2) is 0 Å². The van der Waals surface area contributed by atoms with Gasteiger partial charge < -0.3 is 10.2 Å². The summed E-state index contributed by atoms with van der Waals surface area (Å²) in [5.41, 5.74) is 3.21. The first-order chi connectivity index (χ1) is 13.5. The number of carbonyl (C=O) groups excluding carboxylic acids is 1. The minimum atomic E-state index is -0.0509. The summed E-state index contributed by atoms with van der Waals surface area (Å²) in [6.07, 6.45) is 0. The standard InChI is InChI=1S/C22H16O3S.C2H6/c1-13-2-4-14(5-3-13)21(25)20-18-11-10-17(24)12-19(18)26-22(20)15-6-8-16(23)9-7-15;1-2/h2-12,23-24H,1H3;1-2H3. The van der Waals surface area contributed by atoms with Crippen LogP contribution in [0, 0.1) is 6.92 Å². The number of phenolic OH excluding ortho intramolecular Hbond substituents is 2. The highest BCUT2D eigenvalue weighted by molar-refractivity contribution is 7.22. The molecule has 4 rings (SSSR count). The molecule has 28 heavy (non-hydrogen) atoms. The molecular weight excluding hydrogens is 368 g/mol. The summed E-state index contributed by atoms with van der Waals surface area (Å²) in [5, 5.41) is 20.2. The van der Waals surface area contributed by atoms with Crippen molar-refractivity contribution in [3.63, 3.8) is 0 Å². The van der Waals surface area contributed by atoms with Gasteiger partial charge in [-0.2, -0.15) is 0 Å². The number of rotatable bonds is 3. The van der Waals surface area contributed by atoms with Crippen LogP contribution in [0.15, 0.2) is 66.7 Å². The summed E-state index contributed by atoms with van der Waals surface area (Å²) < 4.78 is 0.850. The van der Waals surface area contributed by atoms with Crippen LogP contribution in [0.3, 0.4) is 0 Å². The van der Waals surface area contributed by atoms with Gasteiger partial charge in [0, 0.05) is 26.1 Å². The summed E-state index contributed by atoms with van der Waals surface area (Å²) in [6.45, 7) is 5.99. The second kappa shape index (κ2) is 8.28. The molecule has 0 fully saturated rings. The van der Waals surface area contributed by atoms with Gasteiger partial charge in [0.05, 0.1) is 0 Å². The third kappa shape index (κ3) is 3.78. The molecule has 3 nitrogen and oxygen atoms in total. The van der Waals surface area contributed by atoms with Crippen LogP contribution in [0.25, 0.3) is 20.5 Å². The maximum absolute atomic E-state index is 13.3. The SMILES string of the molecule is CC.Cc1ccc(C(=O)c2c(-c3ccc(O)cc3)sc3cc(O)ccc23)cc1. The van der Waals surface area contributed by atoms with Crippen LogP contribution in [-0.4, -0.2) is 16.0 Å². The zero-order valence-corrected chi connectivity index (χ0v) is 16.9. The van der Waals surface area contributed by atoms with Crippen molar-refractivity contribution in [2.75, 3.05) is 0 Å². The minimum absolute atomic E-state index is 0.0509. The minimum Gasteiger partial charge on any atom is -0.508 e. The molecule has 1 heterocycles. The quantitative estimate of drug-likeness (QED) is 0.390. The Morgan fingerprint density at radius 2 is 1.43 bits per heavy atom. The molecule has 0 amide bonds. The predicted molar refractivity (Wildman–Crippen MR) is 117 cm³/mol. The number of aryl methyl sites for hydroxylation is 1. The molecular formula is C24H22O3S. The second-order valence-corrected chi connectivity index (χ2v) is 7.28. The Morgan fingerprint density at radius 1 is 0.821 bits per heavy atom. The molecule has 2 N–H and O–H groups in total. The monoisotopic (exact) mass is 390 g/mol. The van der Waals surface area contributed by atoms with Crippen molar-refractivity contribution in [3.8, 4) is 21.9 Å². The van der Waals surface area contributed by atoms with Gasteiger partial charge in [0.15, 0.2) is 5.78 Å². The maximum atomic E-state index is 13.3. The smallest absolute Gasteiger partial charge is 0.195 e. The third-order valence-electron chi connectivity index (χ3n) is 4.34. The number of hydrogen-bond acceptors (Lipinski definition) is 4. The average Bonchev–Trinajstić information content (AvgIpc) is 3.08. The van der Waals surface area contributed by atoms with E-state index < -0.39 is 0 Å². The van der Waals surface area contributed by atoms with Crippen molar-refractivity contribution in [2.24, 2.45) is 0 Å². The lowest BCUT2D eigenvalue weighted by Gasteiger charge is -2.06. The first-order valence-electron chi connectivity index (χ1n) is 9.19. The van der Waals surface area contributed by atoms with Crippen molar-refractivity contribution >= 4 is 27.2 Å². The van der Waals surface area contributed by atoms with Crippen molar-refractivity contribution in [1.29, 1.82) is 0 Å². The normalized spacial score (nSPS) is 10.4. The number of thiophene rings is 1. The van der Waals surface area contributed by atoms with Gasteiger partial charge in [-0.1, -0.05) is 43.7 Å². The van der Waals surface area contributed by atoms with E-state index in [2.05, 4.69) is 0 Å². The molecule has 142 valence electrons. The van der Waals surface area contributed by atoms with Crippen molar-refractivity contribution in [2.45, 2.75) is 20.8 Å². The molecule has 3 aromatic carbocycles. The first kappa shape index (κ1) is 19.6. The average molecular weight is 391 g/mol.